The van der Waals surface area contributed by atoms with Gasteiger partial charge >= 0.3 is 6.09 Å². The minimum Gasteiger partial charge on any atom is -0.484 e. The van der Waals surface area contributed by atoms with Gasteiger partial charge in [0, 0.05) is 29.8 Å². The first kappa shape index (κ1) is 29.6. The number of hydrogen-bond acceptors (Lipinski definition) is 6. The summed E-state index contributed by atoms with van der Waals surface area (Å²) in [6, 6.07) is 9.00. The lowest BCUT2D eigenvalue weighted by atomic mass is 10.0. The third kappa shape index (κ3) is 7.35. The van der Waals surface area contributed by atoms with E-state index in [-0.39, 0.29) is 32.4 Å². The van der Waals surface area contributed by atoms with Crippen molar-refractivity contribution >= 4 is 37.4 Å². The standard InChI is InChI=1S/C26H34Cl2FN2O5S/c1-17-7-8-19(13-22(17)29)23(35-20-9-10-24(21(27)14-20)37(28,33)34)16-30-11-12-31(6,18(2)15-30)25(32)36-26(3,4)5/h7-10,13-14,18,23H,11-12,15-16H2,1-6H3/q+1/t18-,23?,31?/m1/s1. The van der Waals surface area contributed by atoms with Gasteiger partial charge in [-0.1, -0.05) is 23.7 Å². The highest BCUT2D eigenvalue weighted by molar-refractivity contribution is 8.13. The molecule has 7 nitrogen and oxygen atoms in total. The van der Waals surface area contributed by atoms with E-state index in [1.165, 1.54) is 24.3 Å². The van der Waals surface area contributed by atoms with E-state index in [4.69, 9.17) is 31.8 Å². The number of nitrogens with zero attached hydrogens (tertiary/aromatic N) is 2. The number of benzene rings is 2. The zero-order valence-electron chi connectivity index (χ0n) is 21.9. The molecule has 0 aliphatic carbocycles. The predicted molar refractivity (Wildman–Crippen MR) is 142 cm³/mol. The average molecular weight is 577 g/mol. The number of hydrogen-bond donors (Lipinski definition) is 0. The minimum atomic E-state index is -4.01. The number of carbonyl (C=O) groups excluding carboxylic acids is 1. The van der Waals surface area contributed by atoms with Gasteiger partial charge < -0.3 is 9.47 Å². The van der Waals surface area contributed by atoms with Gasteiger partial charge in [-0.3, -0.25) is 4.90 Å². The molecule has 3 rings (SSSR count). The number of ether oxygens (including phenoxy) is 2. The van der Waals surface area contributed by atoms with Crippen molar-refractivity contribution in [2.75, 3.05) is 33.2 Å². The van der Waals surface area contributed by atoms with Crippen LogP contribution in [0.3, 0.4) is 0 Å². The number of aryl methyl sites for hydroxylation is 1. The molecule has 1 amide bonds. The summed E-state index contributed by atoms with van der Waals surface area (Å²) in [5.41, 5.74) is 0.554. The molecule has 1 aliphatic heterocycles. The van der Waals surface area contributed by atoms with Crippen molar-refractivity contribution in [2.45, 2.75) is 57.3 Å². The molecule has 2 aromatic carbocycles. The Labute approximate surface area is 228 Å². The SMILES string of the molecule is Cc1ccc(C(CN2CC[N+](C)(C(=O)OC(C)(C)C)[C@H](C)C2)Oc2ccc(S(=O)(=O)Cl)c(Cl)c2)cc1F. The van der Waals surface area contributed by atoms with E-state index in [1.54, 1.807) is 19.1 Å². The van der Waals surface area contributed by atoms with Crippen LogP contribution < -0.4 is 4.74 Å². The van der Waals surface area contributed by atoms with E-state index in [9.17, 15) is 17.6 Å². The topological polar surface area (TPSA) is 72.9 Å². The summed E-state index contributed by atoms with van der Waals surface area (Å²) in [7, 11) is 3.31. The Hall–Kier alpha value is -1.91. The summed E-state index contributed by atoms with van der Waals surface area (Å²) in [6.07, 6.45) is -0.854. The van der Waals surface area contributed by atoms with Crippen molar-refractivity contribution in [1.82, 2.24) is 4.90 Å². The monoisotopic (exact) mass is 575 g/mol. The van der Waals surface area contributed by atoms with Crippen LogP contribution in [-0.2, 0) is 13.8 Å². The highest BCUT2D eigenvalue weighted by Gasteiger charge is 2.45. The Balaban J connectivity index is 1.83. The molecule has 1 saturated heterocycles. The molecular weight excluding hydrogens is 542 g/mol. The van der Waals surface area contributed by atoms with Gasteiger partial charge in [0.05, 0.1) is 18.6 Å². The fourth-order valence-electron chi connectivity index (χ4n) is 4.19. The van der Waals surface area contributed by atoms with Crippen molar-refractivity contribution in [2.24, 2.45) is 0 Å². The van der Waals surface area contributed by atoms with Crippen molar-refractivity contribution in [3.8, 4) is 5.75 Å². The van der Waals surface area contributed by atoms with Crippen molar-refractivity contribution in [3.63, 3.8) is 0 Å². The number of piperazine rings is 1. The summed E-state index contributed by atoms with van der Waals surface area (Å²) < 4.78 is 49.9. The Kier molecular flexibility index (Phi) is 8.86. The van der Waals surface area contributed by atoms with E-state index in [0.717, 1.165) is 0 Å². The Morgan fingerprint density at radius 3 is 2.46 bits per heavy atom. The van der Waals surface area contributed by atoms with E-state index < -0.39 is 20.8 Å². The number of carbonyl (C=O) groups is 1. The van der Waals surface area contributed by atoms with Crippen LogP contribution in [0.5, 0.6) is 5.75 Å². The molecule has 0 aromatic heterocycles. The molecule has 1 aliphatic rings. The predicted octanol–water partition coefficient (Wildman–Crippen LogP) is 5.92. The molecule has 2 aromatic rings. The Morgan fingerprint density at radius 2 is 1.92 bits per heavy atom. The maximum absolute atomic E-state index is 14.5. The number of amides is 1. The lowest BCUT2D eigenvalue weighted by Crippen LogP contribution is -2.66. The lowest BCUT2D eigenvalue weighted by molar-refractivity contribution is -0.867. The summed E-state index contributed by atoms with van der Waals surface area (Å²) in [4.78, 5) is 14.9. The molecular formula is C26H34Cl2FN2O5S+. The van der Waals surface area contributed by atoms with E-state index >= 15 is 0 Å². The summed E-state index contributed by atoms with van der Waals surface area (Å²) >= 11 is 6.15. The van der Waals surface area contributed by atoms with Gasteiger partial charge in [-0.15, -0.1) is 0 Å². The Bertz CT molecular complexity index is 1270. The maximum Gasteiger partial charge on any atom is 0.516 e. The highest BCUT2D eigenvalue weighted by Crippen LogP contribution is 2.32. The van der Waals surface area contributed by atoms with Crippen LogP contribution >= 0.6 is 22.3 Å². The second-order valence-corrected chi connectivity index (χ2v) is 13.7. The number of rotatable bonds is 6. The molecule has 0 N–H and O–H groups in total. The fourth-order valence-corrected chi connectivity index (χ4v) is 5.71. The molecule has 204 valence electrons. The second kappa shape index (κ2) is 11.1. The van der Waals surface area contributed by atoms with E-state index in [1.807, 2.05) is 34.7 Å². The van der Waals surface area contributed by atoms with Crippen molar-refractivity contribution in [3.05, 3.63) is 58.4 Å². The van der Waals surface area contributed by atoms with Gasteiger partial charge in [0.15, 0.2) is 0 Å². The molecule has 37 heavy (non-hydrogen) atoms. The quantitative estimate of drug-likeness (QED) is 0.314. The molecule has 0 saturated carbocycles. The number of likely N-dealkylation sites (N-methyl/N-ethyl adjacent to an activating group) is 1. The number of halogens is 3. The van der Waals surface area contributed by atoms with Crippen LogP contribution in [0, 0.1) is 12.7 Å². The van der Waals surface area contributed by atoms with Gasteiger partial charge in [-0.25, -0.2) is 17.3 Å². The minimum absolute atomic E-state index is 0.0540. The summed E-state index contributed by atoms with van der Waals surface area (Å²) in [6.45, 7) is 11.4. The molecule has 0 bridgehead atoms. The van der Waals surface area contributed by atoms with Gasteiger partial charge in [-0.2, -0.15) is 4.79 Å². The first-order chi connectivity index (χ1) is 17.0. The van der Waals surface area contributed by atoms with Gasteiger partial charge in [0.1, 0.15) is 40.8 Å². The van der Waals surface area contributed by atoms with Crippen LogP contribution in [0.2, 0.25) is 5.02 Å². The molecule has 1 fully saturated rings. The van der Waals surface area contributed by atoms with Crippen LogP contribution in [0.1, 0.15) is 44.9 Å². The third-order valence-corrected chi connectivity index (χ3v) is 8.43. The van der Waals surface area contributed by atoms with Crippen LogP contribution in [0.25, 0.3) is 0 Å². The Morgan fingerprint density at radius 1 is 1.24 bits per heavy atom. The van der Waals surface area contributed by atoms with Gasteiger partial charge in [0.25, 0.3) is 9.05 Å². The molecule has 0 spiro atoms. The van der Waals surface area contributed by atoms with Gasteiger partial charge in [0.2, 0.25) is 0 Å². The van der Waals surface area contributed by atoms with Crippen LogP contribution in [0.4, 0.5) is 9.18 Å². The van der Waals surface area contributed by atoms with Crippen LogP contribution in [0.15, 0.2) is 41.3 Å². The zero-order valence-corrected chi connectivity index (χ0v) is 24.3. The second-order valence-electron chi connectivity index (χ2n) is 10.7. The third-order valence-electron chi connectivity index (χ3n) is 6.62. The van der Waals surface area contributed by atoms with Gasteiger partial charge in [-0.05, 0) is 63.9 Å². The largest absolute Gasteiger partial charge is 0.516 e. The highest BCUT2D eigenvalue weighted by atomic mass is 35.7. The molecule has 11 heteroatoms. The maximum atomic E-state index is 14.5. The fraction of sp³-hybridized carbons (Fsp3) is 0.500. The molecule has 0 radical (unpaired) electrons. The smallest absolute Gasteiger partial charge is 0.484 e. The van der Waals surface area contributed by atoms with E-state index in [2.05, 4.69) is 4.90 Å². The van der Waals surface area contributed by atoms with E-state index in [0.29, 0.717) is 43.1 Å². The summed E-state index contributed by atoms with van der Waals surface area (Å²) in [5, 5.41) is -0.0710. The normalized spacial score (nSPS) is 21.9. The molecule has 2 unspecified atom stereocenters. The first-order valence-corrected chi connectivity index (χ1v) is 14.7. The lowest BCUT2D eigenvalue weighted by Gasteiger charge is -2.45. The number of quaternary nitrogens is 1. The van der Waals surface area contributed by atoms with Crippen molar-refractivity contribution < 1.29 is 31.6 Å². The molecule has 3 atom stereocenters. The zero-order chi connectivity index (χ0) is 27.8. The van der Waals surface area contributed by atoms with Crippen molar-refractivity contribution in [1.29, 1.82) is 0 Å². The average Bonchev–Trinajstić information content (AvgIpc) is 2.75. The van der Waals surface area contributed by atoms with Crippen LogP contribution in [-0.4, -0.2) is 68.8 Å². The first-order valence-electron chi connectivity index (χ1n) is 12.0. The molecule has 1 heterocycles. The summed E-state index contributed by atoms with van der Waals surface area (Å²) in [5.74, 6) is -0.0339.